The van der Waals surface area contributed by atoms with Crippen molar-refractivity contribution in [1.29, 1.82) is 0 Å². The highest BCUT2D eigenvalue weighted by Gasteiger charge is 2.67. The van der Waals surface area contributed by atoms with Crippen LogP contribution >= 0.6 is 11.6 Å². The summed E-state index contributed by atoms with van der Waals surface area (Å²) in [5, 5.41) is 9.10. The molecule has 2 aromatic heterocycles. The number of amides is 1. The number of hydrogen-bond donors (Lipinski definition) is 1. The van der Waals surface area contributed by atoms with Gasteiger partial charge in [-0.25, -0.2) is 14.8 Å². The number of carbonyl (C=O) groups is 2. The van der Waals surface area contributed by atoms with Gasteiger partial charge in [0.25, 0.3) is 0 Å². The third-order valence-electron chi connectivity index (χ3n) is 11.0. The van der Waals surface area contributed by atoms with Gasteiger partial charge >= 0.3 is 6.09 Å². The molecule has 1 saturated heterocycles. The van der Waals surface area contributed by atoms with Crippen LogP contribution in [0.5, 0.6) is 5.75 Å². The number of nitrogens with zero attached hydrogens (tertiary/aromatic N) is 6. The first-order valence-electron chi connectivity index (χ1n) is 17.9. The number of rotatable bonds is 8. The number of anilines is 4. The molecule has 4 aromatic rings. The summed E-state index contributed by atoms with van der Waals surface area (Å²) in [6.45, 7) is 20.6. The van der Waals surface area contributed by atoms with Gasteiger partial charge in [-0.1, -0.05) is 38.4 Å². The molecule has 1 spiro atoms. The first kappa shape index (κ1) is 36.2. The number of ether oxygens (including phenoxy) is 2. The topological polar surface area (TPSA) is 124 Å². The van der Waals surface area contributed by atoms with Crippen molar-refractivity contribution >= 4 is 66.0 Å². The van der Waals surface area contributed by atoms with E-state index in [1.54, 1.807) is 7.11 Å². The SMILES string of the molecule is CCN1C(=O)[C@@]2(C[C@H]2c2ccc3c(Nc4ncnc(N5CC(O[Si](C)(C)C(C)(C)C)C5)c4Cl)nn(C(=O)OC(C)(C)C)c3c2)c2cc(OC)ccc21. The highest BCUT2D eigenvalue weighted by Crippen LogP contribution is 2.67. The maximum atomic E-state index is 14.0. The third-order valence-corrected chi connectivity index (χ3v) is 15.9. The summed E-state index contributed by atoms with van der Waals surface area (Å²) in [7, 11) is -0.283. The Morgan fingerprint density at radius 2 is 1.79 bits per heavy atom. The van der Waals surface area contributed by atoms with Crippen LogP contribution in [0, 0.1) is 0 Å². The van der Waals surface area contributed by atoms with Crippen molar-refractivity contribution in [2.45, 2.75) is 96.1 Å². The second-order valence-corrected chi connectivity index (χ2v) is 21.7. The summed E-state index contributed by atoms with van der Waals surface area (Å²) in [5.41, 5.74) is 1.92. The van der Waals surface area contributed by atoms with Gasteiger partial charge in [-0.2, -0.15) is 4.68 Å². The molecular formula is C38H48ClN7O5Si. The van der Waals surface area contributed by atoms with Crippen LogP contribution in [0.4, 0.5) is 27.9 Å². The zero-order chi connectivity index (χ0) is 37.5. The van der Waals surface area contributed by atoms with Gasteiger partial charge in [0.15, 0.2) is 25.8 Å². The Labute approximate surface area is 310 Å². The van der Waals surface area contributed by atoms with Crippen molar-refractivity contribution in [2.75, 3.05) is 41.9 Å². The molecule has 1 amide bonds. The van der Waals surface area contributed by atoms with E-state index in [9.17, 15) is 9.59 Å². The Bertz CT molecular complexity index is 2080. The van der Waals surface area contributed by atoms with Crippen molar-refractivity contribution in [3.8, 4) is 5.75 Å². The van der Waals surface area contributed by atoms with Gasteiger partial charge in [-0.3, -0.25) is 4.79 Å². The summed E-state index contributed by atoms with van der Waals surface area (Å²) >= 11 is 6.94. The molecule has 2 aromatic carbocycles. The number of hydrogen-bond acceptors (Lipinski definition) is 10. The lowest BCUT2D eigenvalue weighted by Crippen LogP contribution is -2.58. The minimum atomic E-state index is -1.91. The second-order valence-electron chi connectivity index (χ2n) is 16.6. The summed E-state index contributed by atoms with van der Waals surface area (Å²) in [6.07, 6.45) is 1.60. The number of benzene rings is 2. The first-order valence-corrected chi connectivity index (χ1v) is 21.1. The molecule has 52 heavy (non-hydrogen) atoms. The smallest absolute Gasteiger partial charge is 0.435 e. The predicted molar refractivity (Wildman–Crippen MR) is 206 cm³/mol. The maximum Gasteiger partial charge on any atom is 0.435 e. The van der Waals surface area contributed by atoms with E-state index in [0.29, 0.717) is 65.2 Å². The fraction of sp³-hybridized carbons (Fsp3) is 0.500. The minimum Gasteiger partial charge on any atom is -0.497 e. The lowest BCUT2D eigenvalue weighted by Gasteiger charge is -2.46. The largest absolute Gasteiger partial charge is 0.497 e. The Balaban J connectivity index is 1.20. The molecule has 2 atom stereocenters. The van der Waals surface area contributed by atoms with Crippen LogP contribution < -0.4 is 19.9 Å². The lowest BCUT2D eigenvalue weighted by atomic mass is 9.91. The first-order chi connectivity index (χ1) is 24.4. The van der Waals surface area contributed by atoms with E-state index < -0.39 is 25.4 Å². The minimum absolute atomic E-state index is 0.0839. The summed E-state index contributed by atoms with van der Waals surface area (Å²) in [4.78, 5) is 40.5. The highest BCUT2D eigenvalue weighted by atomic mass is 35.5. The fourth-order valence-electron chi connectivity index (χ4n) is 7.16. The Morgan fingerprint density at radius 1 is 1.06 bits per heavy atom. The van der Waals surface area contributed by atoms with Crippen molar-refractivity contribution in [3.63, 3.8) is 0 Å². The maximum absolute atomic E-state index is 14.0. The van der Waals surface area contributed by atoms with Gasteiger partial charge in [0.05, 0.1) is 24.1 Å². The molecule has 2 aliphatic heterocycles. The van der Waals surface area contributed by atoms with Crippen LogP contribution in [0.15, 0.2) is 42.7 Å². The summed E-state index contributed by atoms with van der Waals surface area (Å²) in [5.74, 6) is 2.06. The highest BCUT2D eigenvalue weighted by molar-refractivity contribution is 6.74. The van der Waals surface area contributed by atoms with E-state index in [4.69, 9.17) is 30.6 Å². The number of methoxy groups -OCH3 is 1. The average molecular weight is 746 g/mol. The number of halogens is 1. The molecule has 3 aliphatic rings. The van der Waals surface area contributed by atoms with E-state index in [-0.39, 0.29) is 23.0 Å². The van der Waals surface area contributed by atoms with Crippen LogP contribution in [0.2, 0.25) is 23.2 Å². The molecule has 14 heteroatoms. The molecule has 0 unspecified atom stereocenters. The molecule has 276 valence electrons. The van der Waals surface area contributed by atoms with Gasteiger partial charge in [-0.05, 0) is 93.7 Å². The predicted octanol–water partition coefficient (Wildman–Crippen LogP) is 8.02. The fourth-order valence-corrected chi connectivity index (χ4v) is 8.76. The van der Waals surface area contributed by atoms with Gasteiger partial charge in [0.2, 0.25) is 5.91 Å². The zero-order valence-corrected chi connectivity index (χ0v) is 33.4. The quantitative estimate of drug-likeness (QED) is 0.177. The van der Waals surface area contributed by atoms with Crippen LogP contribution in [0.3, 0.4) is 0 Å². The van der Waals surface area contributed by atoms with E-state index in [1.807, 2.05) is 69.0 Å². The number of nitrogens with one attached hydrogen (secondary N) is 1. The van der Waals surface area contributed by atoms with E-state index in [1.165, 1.54) is 11.0 Å². The molecular weight excluding hydrogens is 698 g/mol. The van der Waals surface area contributed by atoms with Crippen molar-refractivity contribution in [2.24, 2.45) is 0 Å². The average Bonchev–Trinajstić information content (AvgIpc) is 3.64. The number of fused-ring (bicyclic) bond motifs is 3. The van der Waals surface area contributed by atoms with Gasteiger partial charge in [0.1, 0.15) is 22.7 Å². The van der Waals surface area contributed by atoms with E-state index in [0.717, 1.165) is 16.8 Å². The van der Waals surface area contributed by atoms with Crippen molar-refractivity contribution in [1.82, 2.24) is 19.7 Å². The molecule has 0 radical (unpaired) electrons. The second kappa shape index (κ2) is 12.4. The van der Waals surface area contributed by atoms with Gasteiger partial charge in [-0.15, -0.1) is 5.10 Å². The molecule has 12 nitrogen and oxygen atoms in total. The molecule has 1 saturated carbocycles. The Hall–Kier alpha value is -4.20. The molecule has 4 heterocycles. The normalized spacial score (nSPS) is 20.4. The lowest BCUT2D eigenvalue weighted by molar-refractivity contribution is -0.120. The summed E-state index contributed by atoms with van der Waals surface area (Å²) in [6, 6.07) is 11.7. The zero-order valence-electron chi connectivity index (χ0n) is 31.6. The molecule has 1 N–H and O–H groups in total. The van der Waals surface area contributed by atoms with Crippen molar-refractivity contribution < 1.29 is 23.5 Å². The standard InChI is InChI=1S/C38H48ClN7O5Si/c1-11-45-28-15-13-23(49-8)17-26(28)38(34(45)47)18-27(38)22-12-14-25-29(16-22)46(35(48)50-36(2,3)4)43-31(25)42-32-30(39)33(41-21-40-32)44-19-24(20-44)51-52(9,10)37(5,6)7/h12-17,21,24,27H,11,18-20H2,1-10H3,(H,40,41,42,43)/t27-,38-/m0/s1. The van der Waals surface area contributed by atoms with Crippen molar-refractivity contribution in [3.05, 3.63) is 58.9 Å². The number of aromatic nitrogens is 4. The third kappa shape index (κ3) is 6.00. The number of carbonyl (C=O) groups excluding carboxylic acids is 2. The Morgan fingerprint density at radius 3 is 2.44 bits per heavy atom. The van der Waals surface area contributed by atoms with Crippen LogP contribution in [0.25, 0.3) is 10.9 Å². The van der Waals surface area contributed by atoms with Crippen LogP contribution in [0.1, 0.15) is 71.9 Å². The van der Waals surface area contributed by atoms with Gasteiger partial charge < -0.3 is 29.0 Å². The summed E-state index contributed by atoms with van der Waals surface area (Å²) < 4.78 is 19.2. The molecule has 0 bridgehead atoms. The molecule has 1 aliphatic carbocycles. The van der Waals surface area contributed by atoms with Crippen LogP contribution in [-0.4, -0.2) is 78.5 Å². The van der Waals surface area contributed by atoms with Gasteiger partial charge in [0, 0.05) is 36.6 Å². The van der Waals surface area contributed by atoms with E-state index >= 15 is 0 Å². The molecule has 2 fully saturated rings. The number of likely N-dealkylation sites (N-methyl/N-ethyl adjacent to an activating group) is 1. The van der Waals surface area contributed by atoms with E-state index in [2.05, 4.69) is 54.0 Å². The Kier molecular flexibility index (Phi) is 8.66. The van der Waals surface area contributed by atoms with Crippen LogP contribution in [-0.2, 0) is 19.4 Å². The molecule has 7 rings (SSSR count). The monoisotopic (exact) mass is 745 g/mol.